The van der Waals surface area contributed by atoms with Gasteiger partial charge in [-0.15, -0.1) is 0 Å². The molecular formula is C13H15BrN2O5. The second kappa shape index (κ2) is 7.72. The molecule has 114 valence electrons. The molecule has 0 fully saturated rings. The van der Waals surface area contributed by atoms with Gasteiger partial charge in [0, 0.05) is 36.6 Å². The Kier molecular flexibility index (Phi) is 6.29. The summed E-state index contributed by atoms with van der Waals surface area (Å²) in [6.45, 7) is 0.350. The zero-order valence-electron chi connectivity index (χ0n) is 11.7. The Morgan fingerprint density at radius 2 is 2.10 bits per heavy atom. The van der Waals surface area contributed by atoms with Crippen LogP contribution in [0.2, 0.25) is 0 Å². The maximum Gasteiger partial charge on any atom is 0.305 e. The monoisotopic (exact) mass is 358 g/mol. The first-order valence-electron chi connectivity index (χ1n) is 6.13. The number of methoxy groups -OCH3 is 1. The molecule has 8 heteroatoms. The van der Waals surface area contributed by atoms with E-state index in [1.807, 2.05) is 0 Å². The molecule has 0 aliphatic carbocycles. The second-order valence-corrected chi connectivity index (χ2v) is 5.18. The van der Waals surface area contributed by atoms with E-state index in [0.717, 1.165) is 0 Å². The zero-order chi connectivity index (χ0) is 16.0. The van der Waals surface area contributed by atoms with Gasteiger partial charge < -0.3 is 9.64 Å². The predicted molar refractivity (Wildman–Crippen MR) is 79.0 cm³/mol. The number of rotatable bonds is 6. The molecule has 1 amide bonds. The van der Waals surface area contributed by atoms with E-state index in [0.29, 0.717) is 17.4 Å². The molecule has 0 unspecified atom stereocenters. The van der Waals surface area contributed by atoms with Gasteiger partial charge in [-0.25, -0.2) is 0 Å². The van der Waals surface area contributed by atoms with Crippen molar-refractivity contribution in [2.75, 3.05) is 20.7 Å². The SMILES string of the molecule is COC(=O)CCCN(C)C(=O)c1cc([N+](=O)[O-])ccc1Br. The molecule has 7 nitrogen and oxygen atoms in total. The highest BCUT2D eigenvalue weighted by atomic mass is 79.9. The molecule has 0 aliphatic heterocycles. The van der Waals surface area contributed by atoms with Gasteiger partial charge in [0.05, 0.1) is 17.6 Å². The average molecular weight is 359 g/mol. The summed E-state index contributed by atoms with van der Waals surface area (Å²) in [5, 5.41) is 10.8. The third kappa shape index (κ3) is 4.82. The number of hydrogen-bond acceptors (Lipinski definition) is 5. The van der Waals surface area contributed by atoms with Crippen LogP contribution in [0.25, 0.3) is 0 Å². The van der Waals surface area contributed by atoms with Crippen molar-refractivity contribution in [1.29, 1.82) is 0 Å². The highest BCUT2D eigenvalue weighted by molar-refractivity contribution is 9.10. The summed E-state index contributed by atoms with van der Waals surface area (Å²) in [5.41, 5.74) is 0.0641. The fourth-order valence-corrected chi connectivity index (χ4v) is 2.08. The number of carbonyl (C=O) groups excluding carboxylic acids is 2. The standard InChI is InChI=1S/C13H15BrN2O5/c1-15(7-3-4-12(17)21-2)13(18)10-8-9(16(19)20)5-6-11(10)14/h5-6,8H,3-4,7H2,1-2H3. The molecule has 1 aromatic rings. The van der Waals surface area contributed by atoms with E-state index < -0.39 is 4.92 Å². The lowest BCUT2D eigenvalue weighted by Gasteiger charge is -2.17. The van der Waals surface area contributed by atoms with Crippen molar-refractivity contribution in [2.24, 2.45) is 0 Å². The van der Waals surface area contributed by atoms with E-state index in [-0.39, 0.29) is 29.5 Å². The normalized spacial score (nSPS) is 10.0. The van der Waals surface area contributed by atoms with Gasteiger partial charge in [-0.1, -0.05) is 0 Å². The smallest absolute Gasteiger partial charge is 0.305 e. The summed E-state index contributed by atoms with van der Waals surface area (Å²) in [7, 11) is 2.88. The van der Waals surface area contributed by atoms with Gasteiger partial charge in [0.1, 0.15) is 0 Å². The van der Waals surface area contributed by atoms with Gasteiger partial charge in [0.2, 0.25) is 0 Å². The van der Waals surface area contributed by atoms with Crippen LogP contribution in [-0.2, 0) is 9.53 Å². The Balaban J connectivity index is 2.76. The number of halogens is 1. The summed E-state index contributed by atoms with van der Waals surface area (Å²) in [6.07, 6.45) is 0.672. The number of esters is 1. The van der Waals surface area contributed by atoms with Crippen molar-refractivity contribution in [3.05, 3.63) is 38.3 Å². The van der Waals surface area contributed by atoms with Crippen molar-refractivity contribution < 1.29 is 19.2 Å². The second-order valence-electron chi connectivity index (χ2n) is 4.33. The lowest BCUT2D eigenvalue weighted by atomic mass is 10.1. The molecule has 1 rings (SSSR count). The van der Waals surface area contributed by atoms with Gasteiger partial charge in [-0.2, -0.15) is 0 Å². The molecule has 0 aliphatic rings. The quantitative estimate of drug-likeness (QED) is 0.442. The van der Waals surface area contributed by atoms with Gasteiger partial charge in [-0.05, 0) is 28.4 Å². The molecule has 0 atom stereocenters. The molecular weight excluding hydrogens is 344 g/mol. The van der Waals surface area contributed by atoms with Crippen LogP contribution in [0.5, 0.6) is 0 Å². The van der Waals surface area contributed by atoms with Crippen LogP contribution < -0.4 is 0 Å². The molecule has 0 bridgehead atoms. The summed E-state index contributed by atoms with van der Waals surface area (Å²) in [4.78, 5) is 34.8. The van der Waals surface area contributed by atoms with Crippen molar-refractivity contribution in [1.82, 2.24) is 4.90 Å². The number of nitro groups is 1. The first-order valence-corrected chi connectivity index (χ1v) is 6.92. The number of carbonyl (C=O) groups is 2. The molecule has 0 spiro atoms. The Morgan fingerprint density at radius 1 is 1.43 bits per heavy atom. The predicted octanol–water partition coefficient (Wildman–Crippen LogP) is 2.38. The lowest BCUT2D eigenvalue weighted by Crippen LogP contribution is -2.28. The number of non-ortho nitro benzene ring substituents is 1. The molecule has 0 aromatic heterocycles. The molecule has 0 N–H and O–H groups in total. The fourth-order valence-electron chi connectivity index (χ4n) is 1.66. The highest BCUT2D eigenvalue weighted by Crippen LogP contribution is 2.23. The van der Waals surface area contributed by atoms with Crippen LogP contribution in [0.3, 0.4) is 0 Å². The number of benzene rings is 1. The van der Waals surface area contributed by atoms with Crippen molar-refractivity contribution in [2.45, 2.75) is 12.8 Å². The number of nitro benzene ring substituents is 1. The largest absolute Gasteiger partial charge is 0.469 e. The van der Waals surface area contributed by atoms with Gasteiger partial charge in [0.25, 0.3) is 11.6 Å². The molecule has 0 saturated carbocycles. The first-order chi connectivity index (χ1) is 9.86. The Morgan fingerprint density at radius 3 is 2.67 bits per heavy atom. The van der Waals surface area contributed by atoms with E-state index >= 15 is 0 Å². The molecule has 0 radical (unpaired) electrons. The van der Waals surface area contributed by atoms with Crippen LogP contribution in [0.1, 0.15) is 23.2 Å². The van der Waals surface area contributed by atoms with Crippen LogP contribution >= 0.6 is 15.9 Å². The summed E-state index contributed by atoms with van der Waals surface area (Å²) in [6, 6.07) is 4.01. The lowest BCUT2D eigenvalue weighted by molar-refractivity contribution is -0.384. The number of nitrogens with zero attached hydrogens (tertiary/aromatic N) is 2. The van der Waals surface area contributed by atoms with E-state index in [1.54, 1.807) is 7.05 Å². The van der Waals surface area contributed by atoms with Gasteiger partial charge >= 0.3 is 5.97 Å². The zero-order valence-corrected chi connectivity index (χ0v) is 13.3. The van der Waals surface area contributed by atoms with E-state index in [1.165, 1.54) is 30.2 Å². The van der Waals surface area contributed by atoms with Crippen LogP contribution in [0, 0.1) is 10.1 Å². The Hall–Kier alpha value is -1.96. The molecule has 21 heavy (non-hydrogen) atoms. The number of ether oxygens (including phenoxy) is 1. The van der Waals surface area contributed by atoms with E-state index in [4.69, 9.17) is 0 Å². The minimum absolute atomic E-state index is 0.149. The first kappa shape index (κ1) is 17.1. The van der Waals surface area contributed by atoms with Crippen LogP contribution in [-0.4, -0.2) is 42.4 Å². The van der Waals surface area contributed by atoms with Gasteiger partial charge in [0.15, 0.2) is 0 Å². The third-order valence-corrected chi connectivity index (χ3v) is 3.53. The Bertz CT molecular complexity index is 561. The molecule has 1 aromatic carbocycles. The van der Waals surface area contributed by atoms with Crippen LogP contribution in [0.4, 0.5) is 5.69 Å². The van der Waals surface area contributed by atoms with E-state index in [9.17, 15) is 19.7 Å². The number of hydrogen-bond donors (Lipinski definition) is 0. The topological polar surface area (TPSA) is 89.8 Å². The summed E-state index contributed by atoms with van der Waals surface area (Å²) < 4.78 is 5.00. The third-order valence-electron chi connectivity index (χ3n) is 2.84. The van der Waals surface area contributed by atoms with Crippen molar-refractivity contribution in [3.8, 4) is 0 Å². The number of amides is 1. The molecule has 0 heterocycles. The minimum atomic E-state index is -0.555. The maximum absolute atomic E-state index is 12.2. The van der Waals surface area contributed by atoms with Crippen LogP contribution in [0.15, 0.2) is 22.7 Å². The van der Waals surface area contributed by atoms with Gasteiger partial charge in [-0.3, -0.25) is 19.7 Å². The van der Waals surface area contributed by atoms with Crippen molar-refractivity contribution in [3.63, 3.8) is 0 Å². The van der Waals surface area contributed by atoms with E-state index in [2.05, 4.69) is 20.7 Å². The Labute approximate surface area is 130 Å². The summed E-state index contributed by atoms with van der Waals surface area (Å²) in [5.74, 6) is -0.692. The minimum Gasteiger partial charge on any atom is -0.469 e. The fraction of sp³-hybridized carbons (Fsp3) is 0.385. The average Bonchev–Trinajstić information content (AvgIpc) is 2.46. The highest BCUT2D eigenvalue weighted by Gasteiger charge is 2.18. The summed E-state index contributed by atoms with van der Waals surface area (Å²) >= 11 is 3.21. The van der Waals surface area contributed by atoms with Crippen molar-refractivity contribution >= 4 is 33.5 Å². The maximum atomic E-state index is 12.2. The molecule has 0 saturated heterocycles.